The number of nitrogens with one attached hydrogen (secondary N) is 2. The number of hydrogen-bond acceptors (Lipinski definition) is 8. The third kappa shape index (κ3) is 5.44. The molecule has 1 aromatic carbocycles. The van der Waals surface area contributed by atoms with Crippen molar-refractivity contribution in [1.29, 1.82) is 0 Å². The molecule has 3 N–H and O–H groups in total. The Hall–Kier alpha value is -2.97. The molecule has 2 atom stereocenters. The lowest BCUT2D eigenvalue weighted by Gasteiger charge is -2.20. The second kappa shape index (κ2) is 10.6. The van der Waals surface area contributed by atoms with Crippen LogP contribution in [0.25, 0.3) is 0 Å². The fraction of sp³-hybridized carbons (Fsp3) is 0.333. The van der Waals surface area contributed by atoms with Crippen LogP contribution in [0, 0.1) is 12.8 Å². The molecule has 2 unspecified atom stereocenters. The molecule has 8 heteroatoms. The summed E-state index contributed by atoms with van der Waals surface area (Å²) in [4.78, 5) is 18.5. The van der Waals surface area contributed by atoms with Gasteiger partial charge in [0.2, 0.25) is 5.95 Å². The van der Waals surface area contributed by atoms with E-state index in [0.717, 1.165) is 52.8 Å². The zero-order valence-electron chi connectivity index (χ0n) is 18.3. The van der Waals surface area contributed by atoms with Crippen molar-refractivity contribution in [3.05, 3.63) is 66.1 Å². The first-order valence-corrected chi connectivity index (χ1v) is 12.0. The summed E-state index contributed by atoms with van der Waals surface area (Å²) >= 11 is 1.58. The second-order valence-electron chi connectivity index (χ2n) is 7.88. The summed E-state index contributed by atoms with van der Waals surface area (Å²) in [7, 11) is 0. The molecule has 2 heterocycles. The molecule has 1 aliphatic carbocycles. The lowest BCUT2D eigenvalue weighted by Crippen LogP contribution is -2.21. The van der Waals surface area contributed by atoms with Crippen LogP contribution in [0.5, 0.6) is 0 Å². The van der Waals surface area contributed by atoms with Crippen molar-refractivity contribution in [3.8, 4) is 0 Å². The summed E-state index contributed by atoms with van der Waals surface area (Å²) < 4.78 is 0. The van der Waals surface area contributed by atoms with Crippen LogP contribution in [0.2, 0.25) is 0 Å². The molecular weight excluding hydrogens is 420 g/mol. The highest BCUT2D eigenvalue weighted by Gasteiger charge is 2.26. The Labute approximate surface area is 192 Å². The zero-order valence-corrected chi connectivity index (χ0v) is 19.1. The summed E-state index contributed by atoms with van der Waals surface area (Å²) in [5.41, 5.74) is 3.53. The summed E-state index contributed by atoms with van der Waals surface area (Å²) in [5, 5.41) is 17.3. The summed E-state index contributed by atoms with van der Waals surface area (Å²) in [5.74, 6) is 1.63. The van der Waals surface area contributed by atoms with E-state index in [2.05, 4.69) is 15.6 Å². The van der Waals surface area contributed by atoms with Gasteiger partial charge < -0.3 is 15.7 Å². The SMILES string of the molecule is CSC(=Nc1ccccc1)c1c(C)nc(Nc2ccncc2)nc1NC1CCC(CO)C1. The number of aliphatic hydroxyl groups excluding tert-OH is 1. The highest BCUT2D eigenvalue weighted by Crippen LogP contribution is 2.32. The van der Waals surface area contributed by atoms with E-state index in [4.69, 9.17) is 15.0 Å². The number of para-hydroxylation sites is 1. The molecule has 0 bridgehead atoms. The van der Waals surface area contributed by atoms with Crippen molar-refractivity contribution in [2.75, 3.05) is 23.5 Å². The van der Waals surface area contributed by atoms with E-state index in [9.17, 15) is 5.11 Å². The second-order valence-corrected chi connectivity index (χ2v) is 8.67. The van der Waals surface area contributed by atoms with Gasteiger partial charge in [-0.1, -0.05) is 18.2 Å². The number of anilines is 3. The van der Waals surface area contributed by atoms with Crippen LogP contribution in [-0.2, 0) is 0 Å². The minimum atomic E-state index is 0.230. The third-order valence-corrected chi connectivity index (χ3v) is 6.24. The Morgan fingerprint density at radius 3 is 2.59 bits per heavy atom. The van der Waals surface area contributed by atoms with Gasteiger partial charge in [-0.15, -0.1) is 11.8 Å². The van der Waals surface area contributed by atoms with E-state index in [1.807, 2.05) is 55.6 Å². The lowest BCUT2D eigenvalue weighted by molar-refractivity contribution is 0.229. The number of aliphatic imine (C=N–C) groups is 1. The first-order chi connectivity index (χ1) is 15.7. The molecule has 1 saturated carbocycles. The number of hydrogen-bond donors (Lipinski definition) is 3. The van der Waals surface area contributed by atoms with Crippen LogP contribution in [0.1, 0.15) is 30.5 Å². The van der Waals surface area contributed by atoms with Crippen molar-refractivity contribution in [1.82, 2.24) is 15.0 Å². The molecule has 0 amide bonds. The molecule has 1 aliphatic rings. The number of nitrogens with zero attached hydrogens (tertiary/aromatic N) is 4. The molecule has 1 fully saturated rings. The highest BCUT2D eigenvalue weighted by molar-refractivity contribution is 8.13. The molecule has 166 valence electrons. The predicted octanol–water partition coefficient (Wildman–Crippen LogP) is 4.94. The molecule has 0 spiro atoms. The van der Waals surface area contributed by atoms with Crippen LogP contribution < -0.4 is 10.6 Å². The third-order valence-electron chi connectivity index (χ3n) is 5.56. The number of rotatable bonds is 7. The van der Waals surface area contributed by atoms with E-state index in [1.165, 1.54) is 0 Å². The van der Waals surface area contributed by atoms with Crippen molar-refractivity contribution >= 4 is 39.9 Å². The van der Waals surface area contributed by atoms with Gasteiger partial charge in [0.25, 0.3) is 0 Å². The maximum Gasteiger partial charge on any atom is 0.229 e. The van der Waals surface area contributed by atoms with E-state index in [-0.39, 0.29) is 12.6 Å². The molecule has 0 radical (unpaired) electrons. The Morgan fingerprint density at radius 1 is 1.12 bits per heavy atom. The maximum absolute atomic E-state index is 9.56. The highest BCUT2D eigenvalue weighted by atomic mass is 32.2. The largest absolute Gasteiger partial charge is 0.396 e. The smallest absolute Gasteiger partial charge is 0.229 e. The zero-order chi connectivity index (χ0) is 22.3. The monoisotopic (exact) mass is 448 g/mol. The molecule has 0 aliphatic heterocycles. The summed E-state index contributed by atoms with van der Waals surface area (Å²) in [6.07, 6.45) is 8.43. The number of pyridine rings is 1. The van der Waals surface area contributed by atoms with Crippen molar-refractivity contribution in [3.63, 3.8) is 0 Å². The van der Waals surface area contributed by atoms with Crippen molar-refractivity contribution in [2.24, 2.45) is 10.9 Å². The number of aromatic nitrogens is 3. The van der Waals surface area contributed by atoms with E-state index in [0.29, 0.717) is 11.9 Å². The normalized spacial score (nSPS) is 18.5. The number of benzene rings is 1. The Bertz CT molecular complexity index is 1060. The first kappa shape index (κ1) is 22.2. The number of aryl methyl sites for hydroxylation is 1. The molecule has 3 aromatic rings. The minimum Gasteiger partial charge on any atom is -0.396 e. The quantitative estimate of drug-likeness (QED) is 0.348. The van der Waals surface area contributed by atoms with Crippen molar-refractivity contribution < 1.29 is 5.11 Å². The standard InChI is InChI=1S/C24H28N6OS/c1-16-21(23(32-2)28-18-6-4-3-5-7-18)22(27-20-9-8-17(14-20)15-31)30-24(26-16)29-19-10-12-25-13-11-19/h3-7,10-13,17,20,31H,8-9,14-15H2,1-2H3,(H2,25,26,27,29,30). The fourth-order valence-corrected chi connectivity index (χ4v) is 4.59. The van der Waals surface area contributed by atoms with Crippen molar-refractivity contribution in [2.45, 2.75) is 32.2 Å². The average molecular weight is 449 g/mol. The lowest BCUT2D eigenvalue weighted by atomic mass is 10.1. The van der Waals surface area contributed by atoms with Crippen LogP contribution in [0.3, 0.4) is 0 Å². The number of aliphatic hydroxyl groups is 1. The minimum absolute atomic E-state index is 0.230. The molecule has 2 aromatic heterocycles. The van der Waals surface area contributed by atoms with Gasteiger partial charge in [0.1, 0.15) is 10.9 Å². The molecule has 0 saturated heterocycles. The Morgan fingerprint density at radius 2 is 1.91 bits per heavy atom. The average Bonchev–Trinajstić information content (AvgIpc) is 3.27. The fourth-order valence-electron chi connectivity index (χ4n) is 3.94. The first-order valence-electron chi connectivity index (χ1n) is 10.8. The Balaban J connectivity index is 1.72. The van der Waals surface area contributed by atoms with Gasteiger partial charge in [0, 0.05) is 30.7 Å². The van der Waals surface area contributed by atoms with Crippen LogP contribution >= 0.6 is 11.8 Å². The molecule has 32 heavy (non-hydrogen) atoms. The van der Waals surface area contributed by atoms with Gasteiger partial charge in [-0.3, -0.25) is 4.98 Å². The predicted molar refractivity (Wildman–Crippen MR) is 132 cm³/mol. The van der Waals surface area contributed by atoms with Crippen LogP contribution in [0.15, 0.2) is 59.9 Å². The molecular formula is C24H28N6OS. The van der Waals surface area contributed by atoms with Gasteiger partial charge in [-0.2, -0.15) is 4.98 Å². The van der Waals surface area contributed by atoms with E-state index < -0.39 is 0 Å². The van der Waals surface area contributed by atoms with Gasteiger partial charge in [-0.25, -0.2) is 9.98 Å². The maximum atomic E-state index is 9.56. The van der Waals surface area contributed by atoms with Gasteiger partial charge in [-0.05, 0) is 62.6 Å². The molecule has 4 rings (SSSR count). The Kier molecular flexibility index (Phi) is 7.34. The van der Waals surface area contributed by atoms with E-state index >= 15 is 0 Å². The topological polar surface area (TPSA) is 95.3 Å². The van der Waals surface area contributed by atoms with E-state index in [1.54, 1.807) is 24.2 Å². The summed E-state index contributed by atoms with van der Waals surface area (Å²) in [6.45, 7) is 2.22. The number of thioether (sulfide) groups is 1. The molecule has 7 nitrogen and oxygen atoms in total. The van der Waals surface area contributed by atoms with Crippen LogP contribution in [-0.4, -0.2) is 44.0 Å². The summed E-state index contributed by atoms with van der Waals surface area (Å²) in [6, 6.07) is 13.9. The van der Waals surface area contributed by atoms with Gasteiger partial charge in [0.15, 0.2) is 0 Å². The van der Waals surface area contributed by atoms with Gasteiger partial charge in [0.05, 0.1) is 16.9 Å². The van der Waals surface area contributed by atoms with Crippen LogP contribution in [0.4, 0.5) is 23.1 Å². The van der Waals surface area contributed by atoms with Gasteiger partial charge >= 0.3 is 0 Å².